The first kappa shape index (κ1) is 10.8. The molecule has 0 aliphatic heterocycles. The van der Waals surface area contributed by atoms with Crippen LogP contribution in [0.3, 0.4) is 0 Å². The van der Waals surface area contributed by atoms with Crippen molar-refractivity contribution in [3.63, 3.8) is 0 Å². The van der Waals surface area contributed by atoms with Gasteiger partial charge in [0, 0.05) is 29.3 Å². The largest absolute Gasteiger partial charge is 0.355 e. The number of aromatic nitrogens is 1. The van der Waals surface area contributed by atoms with Gasteiger partial charge in [-0.25, -0.2) is 0 Å². The predicted octanol–water partition coefficient (Wildman–Crippen LogP) is 2.32. The van der Waals surface area contributed by atoms with Gasteiger partial charge in [-0.2, -0.15) is 0 Å². The maximum absolute atomic E-state index is 10.7. The van der Waals surface area contributed by atoms with Gasteiger partial charge in [0.15, 0.2) is 0 Å². The minimum absolute atomic E-state index is 0.0525. The first-order valence-electron chi connectivity index (χ1n) is 4.66. The van der Waals surface area contributed by atoms with Crippen molar-refractivity contribution in [3.8, 4) is 0 Å². The van der Waals surface area contributed by atoms with Crippen molar-refractivity contribution in [2.75, 3.05) is 0 Å². The monoisotopic (exact) mass is 233 g/mol. The number of rotatable bonds is 3. The minimum Gasteiger partial charge on any atom is -0.355 e. The highest BCUT2D eigenvalue weighted by molar-refractivity contribution is 5.94. The van der Waals surface area contributed by atoms with Gasteiger partial charge in [-0.15, -0.1) is 0 Å². The molecule has 17 heavy (non-hydrogen) atoms. The quantitative estimate of drug-likeness (QED) is 0.648. The summed E-state index contributed by atoms with van der Waals surface area (Å²) in [5.41, 5.74) is 0.851. The van der Waals surface area contributed by atoms with Crippen LogP contribution in [0.15, 0.2) is 30.6 Å². The molecule has 0 saturated carbocycles. The number of nitro benzene ring substituents is 1. The number of hydrogen-bond donors (Lipinski definition) is 1. The van der Waals surface area contributed by atoms with Crippen LogP contribution in [0.5, 0.6) is 0 Å². The van der Waals surface area contributed by atoms with Gasteiger partial charge in [0.1, 0.15) is 5.52 Å². The molecule has 0 aliphatic carbocycles. The first-order valence-corrected chi connectivity index (χ1v) is 4.66. The van der Waals surface area contributed by atoms with Gasteiger partial charge in [-0.1, -0.05) is 12.1 Å². The van der Waals surface area contributed by atoms with Gasteiger partial charge in [-0.3, -0.25) is 20.2 Å². The van der Waals surface area contributed by atoms with E-state index in [0.29, 0.717) is 16.5 Å². The number of aromatic amines is 1. The van der Waals surface area contributed by atoms with E-state index in [9.17, 15) is 20.2 Å². The van der Waals surface area contributed by atoms with E-state index < -0.39 is 9.85 Å². The molecule has 0 amide bonds. The predicted molar refractivity (Wildman–Crippen MR) is 61.0 cm³/mol. The second-order valence-corrected chi connectivity index (χ2v) is 3.30. The van der Waals surface area contributed by atoms with Crippen molar-refractivity contribution in [1.82, 2.24) is 4.98 Å². The van der Waals surface area contributed by atoms with Crippen molar-refractivity contribution in [3.05, 3.63) is 56.4 Å². The van der Waals surface area contributed by atoms with Crippen LogP contribution in [0.2, 0.25) is 0 Å². The molecule has 1 aromatic heterocycles. The standard InChI is InChI=1S/C10H7N3O4/c14-12(15)5-4-7-6-11-10-8(7)2-1-3-9(10)13(16)17/h1-6,11H/b5-4+. The lowest BCUT2D eigenvalue weighted by molar-refractivity contribution is -0.400. The Balaban J connectivity index is 2.59. The zero-order valence-corrected chi connectivity index (χ0v) is 8.49. The highest BCUT2D eigenvalue weighted by atomic mass is 16.6. The molecule has 7 nitrogen and oxygen atoms in total. The topological polar surface area (TPSA) is 102 Å². The second kappa shape index (κ2) is 4.05. The van der Waals surface area contributed by atoms with Crippen LogP contribution in [0, 0.1) is 20.2 Å². The Hall–Kier alpha value is -2.70. The first-order chi connectivity index (χ1) is 8.09. The normalized spacial score (nSPS) is 11.1. The van der Waals surface area contributed by atoms with Gasteiger partial charge in [0.05, 0.1) is 9.85 Å². The fourth-order valence-electron chi connectivity index (χ4n) is 1.59. The smallest absolute Gasteiger partial charge is 0.293 e. The number of non-ortho nitro benzene ring substituents is 1. The summed E-state index contributed by atoms with van der Waals surface area (Å²) in [5, 5.41) is 21.5. The summed E-state index contributed by atoms with van der Waals surface area (Å²) in [4.78, 5) is 22.6. The molecule has 0 atom stereocenters. The van der Waals surface area contributed by atoms with E-state index >= 15 is 0 Å². The molecule has 86 valence electrons. The van der Waals surface area contributed by atoms with Gasteiger partial charge >= 0.3 is 0 Å². The van der Waals surface area contributed by atoms with E-state index in [1.165, 1.54) is 24.4 Å². The minimum atomic E-state index is -0.587. The van der Waals surface area contributed by atoms with Crippen molar-refractivity contribution >= 4 is 22.7 Å². The summed E-state index contributed by atoms with van der Waals surface area (Å²) in [7, 11) is 0. The number of H-pyrrole nitrogens is 1. The third-order valence-electron chi connectivity index (χ3n) is 2.30. The summed E-state index contributed by atoms with van der Waals surface area (Å²) < 4.78 is 0. The Labute approximate surface area is 94.7 Å². The SMILES string of the molecule is O=[N+]([O-])/C=C/c1c[nH]c2c([N+](=O)[O-])cccc12. The van der Waals surface area contributed by atoms with Crippen molar-refractivity contribution in [2.45, 2.75) is 0 Å². The number of nitrogens with one attached hydrogen (secondary N) is 1. The number of fused-ring (bicyclic) bond motifs is 1. The lowest BCUT2D eigenvalue weighted by Gasteiger charge is -1.93. The van der Waals surface area contributed by atoms with Gasteiger partial charge in [-0.05, 0) is 0 Å². The molecule has 0 bridgehead atoms. The summed E-state index contributed by atoms with van der Waals surface area (Å²) in [6.07, 6.45) is 3.58. The van der Waals surface area contributed by atoms with E-state index in [2.05, 4.69) is 4.98 Å². The maximum atomic E-state index is 10.7. The maximum Gasteiger partial charge on any atom is 0.293 e. The Kier molecular flexibility index (Phi) is 2.57. The molecule has 0 aliphatic rings. The van der Waals surface area contributed by atoms with E-state index in [-0.39, 0.29) is 5.69 Å². The number of nitrogens with zero attached hydrogens (tertiary/aromatic N) is 2. The van der Waals surface area contributed by atoms with Crippen LogP contribution in [-0.2, 0) is 0 Å². The number of para-hydroxylation sites is 1. The van der Waals surface area contributed by atoms with Crippen LogP contribution in [0.25, 0.3) is 17.0 Å². The molecule has 0 spiro atoms. The highest BCUT2D eigenvalue weighted by Crippen LogP contribution is 2.27. The second-order valence-electron chi connectivity index (χ2n) is 3.30. The summed E-state index contributed by atoms with van der Waals surface area (Å²) in [6.45, 7) is 0. The van der Waals surface area contributed by atoms with Crippen molar-refractivity contribution in [1.29, 1.82) is 0 Å². The molecule has 0 radical (unpaired) electrons. The molecular weight excluding hydrogens is 226 g/mol. The molecule has 7 heteroatoms. The van der Waals surface area contributed by atoms with E-state index in [0.717, 1.165) is 6.20 Å². The van der Waals surface area contributed by atoms with E-state index in [4.69, 9.17) is 0 Å². The number of benzene rings is 1. The van der Waals surface area contributed by atoms with Gasteiger partial charge < -0.3 is 4.98 Å². The van der Waals surface area contributed by atoms with Crippen LogP contribution >= 0.6 is 0 Å². The van der Waals surface area contributed by atoms with Crippen LogP contribution in [-0.4, -0.2) is 14.8 Å². The molecule has 2 aromatic rings. The zero-order valence-electron chi connectivity index (χ0n) is 8.49. The Morgan fingerprint density at radius 3 is 2.65 bits per heavy atom. The average molecular weight is 233 g/mol. The number of nitro groups is 2. The molecule has 0 unspecified atom stereocenters. The zero-order chi connectivity index (χ0) is 12.4. The van der Waals surface area contributed by atoms with E-state index in [1.807, 2.05) is 0 Å². The molecule has 1 heterocycles. The third-order valence-corrected chi connectivity index (χ3v) is 2.30. The van der Waals surface area contributed by atoms with Crippen LogP contribution in [0.1, 0.15) is 5.56 Å². The lowest BCUT2D eigenvalue weighted by Crippen LogP contribution is -1.88. The van der Waals surface area contributed by atoms with Gasteiger partial charge in [0.2, 0.25) is 6.20 Å². The molecule has 0 fully saturated rings. The summed E-state index contributed by atoms with van der Waals surface area (Å²) >= 11 is 0. The lowest BCUT2D eigenvalue weighted by atomic mass is 10.1. The van der Waals surface area contributed by atoms with Crippen molar-refractivity contribution < 1.29 is 9.85 Å². The Morgan fingerprint density at radius 2 is 2.00 bits per heavy atom. The van der Waals surface area contributed by atoms with Crippen molar-refractivity contribution in [2.24, 2.45) is 0 Å². The molecule has 0 saturated heterocycles. The highest BCUT2D eigenvalue weighted by Gasteiger charge is 2.14. The fraction of sp³-hybridized carbons (Fsp3) is 0. The molecule has 1 aromatic carbocycles. The van der Waals surface area contributed by atoms with Crippen LogP contribution in [0.4, 0.5) is 5.69 Å². The Bertz CT molecular complexity index is 630. The van der Waals surface area contributed by atoms with Gasteiger partial charge in [0.25, 0.3) is 5.69 Å². The molecule has 2 rings (SSSR count). The molecular formula is C10H7N3O4. The Morgan fingerprint density at radius 1 is 1.24 bits per heavy atom. The molecule has 1 N–H and O–H groups in total. The van der Waals surface area contributed by atoms with E-state index in [1.54, 1.807) is 6.07 Å². The summed E-state index contributed by atoms with van der Waals surface area (Å²) in [6, 6.07) is 4.58. The third kappa shape index (κ3) is 1.98. The average Bonchev–Trinajstić information content (AvgIpc) is 2.68. The fourth-order valence-corrected chi connectivity index (χ4v) is 1.59. The van der Waals surface area contributed by atoms with Crippen LogP contribution < -0.4 is 0 Å². The summed E-state index contributed by atoms with van der Waals surface area (Å²) in [5.74, 6) is 0. The number of hydrogen-bond acceptors (Lipinski definition) is 4.